The number of aliphatic imine (C=N–C) groups is 1. The first kappa shape index (κ1) is 22.6. The molecule has 0 aromatic heterocycles. The van der Waals surface area contributed by atoms with Crippen LogP contribution in [0.2, 0.25) is 0 Å². The fourth-order valence-corrected chi connectivity index (χ4v) is 2.20. The topological polar surface area (TPSA) is 45.7 Å². The number of rotatable bonds is 9. The van der Waals surface area contributed by atoms with Gasteiger partial charge in [0.1, 0.15) is 6.61 Å². The summed E-state index contributed by atoms with van der Waals surface area (Å²) in [5.74, 6) is 0.716. The lowest BCUT2D eigenvalue weighted by Gasteiger charge is -2.23. The third-order valence-electron chi connectivity index (χ3n) is 3.52. The van der Waals surface area contributed by atoms with Gasteiger partial charge < -0.3 is 15.4 Å². The lowest BCUT2D eigenvalue weighted by atomic mass is 10.1. The van der Waals surface area contributed by atoms with Gasteiger partial charge in [-0.2, -0.15) is 24.9 Å². The van der Waals surface area contributed by atoms with E-state index in [1.54, 1.807) is 23.9 Å². The molecule has 8 heteroatoms. The van der Waals surface area contributed by atoms with Crippen molar-refractivity contribution in [2.75, 3.05) is 26.0 Å². The summed E-state index contributed by atoms with van der Waals surface area (Å²) in [5, 5.41) is 6.51. The Kier molecular flexibility index (Phi) is 9.29. The lowest BCUT2D eigenvalue weighted by molar-refractivity contribution is -0.176. The minimum absolute atomic E-state index is 0.0721. The summed E-state index contributed by atoms with van der Waals surface area (Å²) in [7, 11) is 0. The maximum atomic E-state index is 12.1. The van der Waals surface area contributed by atoms with Gasteiger partial charge in [0.15, 0.2) is 5.96 Å². The second-order valence-corrected chi connectivity index (χ2v) is 7.95. The van der Waals surface area contributed by atoms with Crippen LogP contribution in [-0.4, -0.2) is 42.8 Å². The van der Waals surface area contributed by atoms with E-state index in [9.17, 15) is 13.2 Å². The van der Waals surface area contributed by atoms with Crippen LogP contribution >= 0.6 is 11.8 Å². The Hall–Kier alpha value is -1.41. The van der Waals surface area contributed by atoms with Crippen LogP contribution in [0.15, 0.2) is 29.3 Å². The molecule has 0 fully saturated rings. The van der Waals surface area contributed by atoms with Gasteiger partial charge in [0.2, 0.25) is 0 Å². The van der Waals surface area contributed by atoms with E-state index >= 15 is 0 Å². The standard InChI is InChI=1S/C18H28F3N3OS/c1-5-22-16(24-12-17(2,3)26-4)23-10-14-7-6-8-15(9-14)11-25-13-18(19,20)21/h6-9H,5,10-13H2,1-4H3,(H2,22,23,24). The fourth-order valence-electron chi connectivity index (χ4n) is 1.98. The van der Waals surface area contributed by atoms with Crippen molar-refractivity contribution in [1.82, 2.24) is 10.6 Å². The average Bonchev–Trinajstić information content (AvgIpc) is 2.57. The Morgan fingerprint density at radius 1 is 1.19 bits per heavy atom. The summed E-state index contributed by atoms with van der Waals surface area (Å²) in [6, 6.07) is 7.25. The number of halogens is 3. The van der Waals surface area contributed by atoms with E-state index in [2.05, 4.69) is 35.7 Å². The van der Waals surface area contributed by atoms with Crippen molar-refractivity contribution in [3.8, 4) is 0 Å². The maximum absolute atomic E-state index is 12.1. The average molecular weight is 392 g/mol. The molecular weight excluding hydrogens is 363 g/mol. The summed E-state index contributed by atoms with van der Waals surface area (Å²) >= 11 is 1.77. The van der Waals surface area contributed by atoms with Gasteiger partial charge >= 0.3 is 6.18 Å². The third kappa shape index (κ3) is 9.91. The van der Waals surface area contributed by atoms with E-state index in [0.717, 1.165) is 18.7 Å². The zero-order valence-electron chi connectivity index (χ0n) is 15.7. The predicted molar refractivity (Wildman–Crippen MR) is 103 cm³/mol. The van der Waals surface area contributed by atoms with Gasteiger partial charge in [-0.25, -0.2) is 4.99 Å². The molecule has 0 heterocycles. The molecule has 0 saturated heterocycles. The lowest BCUT2D eigenvalue weighted by Crippen LogP contribution is -2.43. The Labute approximate surface area is 158 Å². The largest absolute Gasteiger partial charge is 0.411 e. The Bertz CT molecular complexity index is 577. The van der Waals surface area contributed by atoms with E-state index in [-0.39, 0.29) is 11.4 Å². The van der Waals surface area contributed by atoms with Crippen molar-refractivity contribution < 1.29 is 17.9 Å². The van der Waals surface area contributed by atoms with Crippen LogP contribution < -0.4 is 10.6 Å². The Morgan fingerprint density at radius 3 is 2.50 bits per heavy atom. The first-order chi connectivity index (χ1) is 12.1. The minimum atomic E-state index is -4.31. The number of ether oxygens (including phenoxy) is 1. The number of benzene rings is 1. The van der Waals surface area contributed by atoms with Crippen LogP contribution in [0.1, 0.15) is 31.9 Å². The molecule has 4 nitrogen and oxygen atoms in total. The van der Waals surface area contributed by atoms with E-state index in [1.165, 1.54) is 0 Å². The number of nitrogens with one attached hydrogen (secondary N) is 2. The first-order valence-electron chi connectivity index (χ1n) is 8.45. The van der Waals surface area contributed by atoms with Gasteiger partial charge in [0, 0.05) is 17.8 Å². The molecule has 26 heavy (non-hydrogen) atoms. The molecule has 0 amide bonds. The normalized spacial score (nSPS) is 13.0. The first-order valence-corrected chi connectivity index (χ1v) is 9.67. The molecule has 0 radical (unpaired) electrons. The van der Waals surface area contributed by atoms with Crippen molar-refractivity contribution in [1.29, 1.82) is 0 Å². The SMILES string of the molecule is CCNC(=NCc1cccc(COCC(F)(F)F)c1)NCC(C)(C)SC. The molecule has 1 rings (SSSR count). The Morgan fingerprint density at radius 2 is 1.88 bits per heavy atom. The quantitative estimate of drug-likeness (QED) is 0.494. The summed E-state index contributed by atoms with van der Waals surface area (Å²) in [6.07, 6.45) is -2.24. The number of alkyl halides is 3. The van der Waals surface area contributed by atoms with Gasteiger partial charge in [-0.3, -0.25) is 0 Å². The van der Waals surface area contributed by atoms with Gasteiger partial charge in [0.05, 0.1) is 13.2 Å². The van der Waals surface area contributed by atoms with Gasteiger partial charge in [-0.15, -0.1) is 0 Å². The van der Waals surface area contributed by atoms with Crippen LogP contribution in [0.5, 0.6) is 0 Å². The minimum Gasteiger partial charge on any atom is -0.367 e. The van der Waals surface area contributed by atoms with Gasteiger partial charge in [0.25, 0.3) is 0 Å². The van der Waals surface area contributed by atoms with Crippen molar-refractivity contribution in [2.24, 2.45) is 4.99 Å². The van der Waals surface area contributed by atoms with Crippen LogP contribution in [-0.2, 0) is 17.9 Å². The highest BCUT2D eigenvalue weighted by atomic mass is 32.2. The molecule has 0 spiro atoms. The van der Waals surface area contributed by atoms with Crippen molar-refractivity contribution in [2.45, 2.75) is 44.8 Å². The molecule has 0 unspecified atom stereocenters. The molecule has 2 N–H and O–H groups in total. The van der Waals surface area contributed by atoms with Crippen LogP contribution in [0.4, 0.5) is 13.2 Å². The smallest absolute Gasteiger partial charge is 0.367 e. The highest BCUT2D eigenvalue weighted by Crippen LogP contribution is 2.19. The highest BCUT2D eigenvalue weighted by molar-refractivity contribution is 7.99. The monoisotopic (exact) mass is 391 g/mol. The molecule has 0 aliphatic carbocycles. The third-order valence-corrected chi connectivity index (χ3v) is 4.77. The number of guanidine groups is 1. The maximum Gasteiger partial charge on any atom is 0.411 e. The number of hydrogen-bond acceptors (Lipinski definition) is 3. The molecule has 0 saturated carbocycles. The molecule has 0 aliphatic heterocycles. The van der Waals surface area contributed by atoms with E-state index in [0.29, 0.717) is 18.1 Å². The van der Waals surface area contributed by atoms with E-state index in [1.807, 2.05) is 19.1 Å². The number of hydrogen-bond donors (Lipinski definition) is 2. The molecule has 148 valence electrons. The molecule has 0 atom stereocenters. The predicted octanol–water partition coefficient (Wildman–Crippen LogP) is 3.96. The van der Waals surface area contributed by atoms with Crippen LogP contribution in [0.3, 0.4) is 0 Å². The van der Waals surface area contributed by atoms with Gasteiger partial charge in [-0.05, 0) is 38.2 Å². The van der Waals surface area contributed by atoms with Crippen molar-refractivity contribution >= 4 is 17.7 Å². The zero-order chi connectivity index (χ0) is 19.6. The molecule has 1 aromatic rings. The number of nitrogens with zero attached hydrogens (tertiary/aromatic N) is 1. The van der Waals surface area contributed by atoms with E-state index in [4.69, 9.17) is 4.74 Å². The zero-order valence-corrected chi connectivity index (χ0v) is 16.6. The van der Waals surface area contributed by atoms with Crippen molar-refractivity contribution in [3.05, 3.63) is 35.4 Å². The molecular formula is C18H28F3N3OS. The summed E-state index contributed by atoms with van der Waals surface area (Å²) in [5.41, 5.74) is 1.61. The summed E-state index contributed by atoms with van der Waals surface area (Å²) in [6.45, 7) is 6.93. The Balaban J connectivity index is 2.64. The van der Waals surface area contributed by atoms with Crippen LogP contribution in [0, 0.1) is 0 Å². The molecule has 1 aromatic carbocycles. The molecule has 0 aliphatic rings. The molecule has 0 bridgehead atoms. The summed E-state index contributed by atoms with van der Waals surface area (Å²) in [4.78, 5) is 4.55. The van der Waals surface area contributed by atoms with E-state index < -0.39 is 12.8 Å². The van der Waals surface area contributed by atoms with Gasteiger partial charge in [-0.1, -0.05) is 24.3 Å². The van der Waals surface area contributed by atoms with Crippen molar-refractivity contribution in [3.63, 3.8) is 0 Å². The number of thioether (sulfide) groups is 1. The van der Waals surface area contributed by atoms with Crippen LogP contribution in [0.25, 0.3) is 0 Å². The highest BCUT2D eigenvalue weighted by Gasteiger charge is 2.27. The second kappa shape index (κ2) is 10.7. The fraction of sp³-hybridized carbons (Fsp3) is 0.611. The second-order valence-electron chi connectivity index (χ2n) is 6.44. The summed E-state index contributed by atoms with van der Waals surface area (Å²) < 4.78 is 41.2.